The fourth-order valence-corrected chi connectivity index (χ4v) is 3.05. The van der Waals surface area contributed by atoms with Crippen LogP contribution in [0.25, 0.3) is 10.9 Å². The molecule has 3 N–H and O–H groups in total. The minimum absolute atomic E-state index is 0.232. The average molecular weight is 259 g/mol. The van der Waals surface area contributed by atoms with Crippen LogP contribution in [0.15, 0.2) is 30.5 Å². The van der Waals surface area contributed by atoms with Gasteiger partial charge in [-0.1, -0.05) is 12.1 Å². The lowest BCUT2D eigenvalue weighted by Gasteiger charge is -2.35. The summed E-state index contributed by atoms with van der Waals surface area (Å²) in [6.45, 7) is 4.39. The molecule has 0 bridgehead atoms. The summed E-state index contributed by atoms with van der Waals surface area (Å²) in [5, 5.41) is 14.1. The van der Waals surface area contributed by atoms with E-state index in [4.69, 9.17) is 0 Å². The molecule has 1 saturated heterocycles. The van der Waals surface area contributed by atoms with Crippen molar-refractivity contribution in [2.75, 3.05) is 32.8 Å². The number of benzene rings is 1. The number of piperazine rings is 1. The van der Waals surface area contributed by atoms with Crippen molar-refractivity contribution in [3.63, 3.8) is 0 Å². The van der Waals surface area contributed by atoms with Crippen molar-refractivity contribution in [3.05, 3.63) is 36.0 Å². The third-order valence-corrected chi connectivity index (χ3v) is 3.98. The molecule has 4 nitrogen and oxygen atoms in total. The SMILES string of the molecule is OCC[C@H](c1cccc2[nH]ccc12)N1CCNCC1. The van der Waals surface area contributed by atoms with Crippen LogP contribution in [0, 0.1) is 0 Å². The number of aliphatic hydroxyl groups excluding tert-OH is 1. The van der Waals surface area contributed by atoms with E-state index in [0.717, 1.165) is 32.6 Å². The Balaban J connectivity index is 1.96. The maximum atomic E-state index is 9.40. The first-order valence-electron chi connectivity index (χ1n) is 7.02. The number of nitrogens with zero attached hydrogens (tertiary/aromatic N) is 1. The lowest BCUT2D eigenvalue weighted by molar-refractivity contribution is 0.142. The molecule has 0 spiro atoms. The number of aromatic amines is 1. The summed E-state index contributed by atoms with van der Waals surface area (Å²) >= 11 is 0. The molecule has 0 saturated carbocycles. The van der Waals surface area contributed by atoms with Crippen LogP contribution in [0.2, 0.25) is 0 Å². The Bertz CT molecular complexity index is 531. The zero-order valence-corrected chi connectivity index (χ0v) is 11.1. The van der Waals surface area contributed by atoms with Crippen LogP contribution in [-0.2, 0) is 0 Å². The van der Waals surface area contributed by atoms with E-state index in [0.29, 0.717) is 6.04 Å². The Morgan fingerprint density at radius 2 is 2.05 bits per heavy atom. The fraction of sp³-hybridized carbons (Fsp3) is 0.467. The van der Waals surface area contributed by atoms with E-state index in [1.165, 1.54) is 16.5 Å². The summed E-state index contributed by atoms with van der Waals surface area (Å²) in [7, 11) is 0. The van der Waals surface area contributed by atoms with Gasteiger partial charge in [-0.3, -0.25) is 4.90 Å². The molecule has 1 atom stereocenters. The molecular weight excluding hydrogens is 238 g/mol. The van der Waals surface area contributed by atoms with Crippen molar-refractivity contribution >= 4 is 10.9 Å². The van der Waals surface area contributed by atoms with Crippen LogP contribution < -0.4 is 5.32 Å². The first kappa shape index (κ1) is 12.7. The summed E-state index contributed by atoms with van der Waals surface area (Å²) in [6, 6.07) is 8.84. The Kier molecular flexibility index (Phi) is 3.82. The number of fused-ring (bicyclic) bond motifs is 1. The van der Waals surface area contributed by atoms with E-state index >= 15 is 0 Å². The molecule has 1 fully saturated rings. The van der Waals surface area contributed by atoms with Gasteiger partial charge in [0.2, 0.25) is 0 Å². The highest BCUT2D eigenvalue weighted by atomic mass is 16.3. The van der Waals surface area contributed by atoms with Gasteiger partial charge in [0.05, 0.1) is 0 Å². The molecule has 2 heterocycles. The number of aromatic nitrogens is 1. The quantitative estimate of drug-likeness (QED) is 0.780. The number of H-pyrrole nitrogens is 1. The highest BCUT2D eigenvalue weighted by Crippen LogP contribution is 2.30. The van der Waals surface area contributed by atoms with Gasteiger partial charge in [0.1, 0.15) is 0 Å². The summed E-state index contributed by atoms with van der Waals surface area (Å²) in [5.74, 6) is 0. The zero-order chi connectivity index (χ0) is 13.1. The minimum atomic E-state index is 0.232. The van der Waals surface area contributed by atoms with E-state index in [1.54, 1.807) is 0 Å². The number of nitrogens with one attached hydrogen (secondary N) is 2. The molecule has 0 unspecified atom stereocenters. The van der Waals surface area contributed by atoms with Gasteiger partial charge < -0.3 is 15.4 Å². The number of hydrogen-bond donors (Lipinski definition) is 3. The number of hydrogen-bond acceptors (Lipinski definition) is 3. The number of rotatable bonds is 4. The molecule has 0 radical (unpaired) electrons. The van der Waals surface area contributed by atoms with Crippen LogP contribution >= 0.6 is 0 Å². The monoisotopic (exact) mass is 259 g/mol. The standard InChI is InChI=1S/C15H21N3O/c19-11-5-15(18-9-7-16-8-10-18)13-2-1-3-14-12(13)4-6-17-14/h1-4,6,15-17,19H,5,7-11H2/t15-/m1/s1. The molecule has 1 aliphatic rings. The first-order chi connectivity index (χ1) is 9.40. The highest BCUT2D eigenvalue weighted by Gasteiger charge is 2.23. The second-order valence-electron chi connectivity index (χ2n) is 5.10. The molecule has 19 heavy (non-hydrogen) atoms. The van der Waals surface area contributed by atoms with Crippen molar-refractivity contribution < 1.29 is 5.11 Å². The minimum Gasteiger partial charge on any atom is -0.396 e. The maximum absolute atomic E-state index is 9.40. The normalized spacial score (nSPS) is 18.8. The van der Waals surface area contributed by atoms with E-state index < -0.39 is 0 Å². The highest BCUT2D eigenvalue weighted by molar-refractivity contribution is 5.83. The molecule has 4 heteroatoms. The van der Waals surface area contributed by atoms with E-state index in [-0.39, 0.29) is 6.61 Å². The Hall–Kier alpha value is -1.36. The van der Waals surface area contributed by atoms with E-state index in [2.05, 4.69) is 39.5 Å². The summed E-state index contributed by atoms with van der Waals surface area (Å²) in [4.78, 5) is 5.75. The average Bonchev–Trinajstić information content (AvgIpc) is 2.94. The molecule has 1 aromatic carbocycles. The lowest BCUT2D eigenvalue weighted by atomic mass is 9.98. The van der Waals surface area contributed by atoms with Crippen molar-refractivity contribution in [2.45, 2.75) is 12.5 Å². The van der Waals surface area contributed by atoms with Gasteiger partial charge in [-0.15, -0.1) is 0 Å². The van der Waals surface area contributed by atoms with Crippen molar-refractivity contribution in [2.24, 2.45) is 0 Å². The van der Waals surface area contributed by atoms with Gasteiger partial charge in [0.15, 0.2) is 0 Å². The van der Waals surface area contributed by atoms with Gasteiger partial charge in [-0.2, -0.15) is 0 Å². The second kappa shape index (κ2) is 5.74. The van der Waals surface area contributed by atoms with Gasteiger partial charge in [-0.25, -0.2) is 0 Å². The molecule has 102 valence electrons. The van der Waals surface area contributed by atoms with Gasteiger partial charge in [0.25, 0.3) is 0 Å². The van der Waals surface area contributed by atoms with Crippen LogP contribution in [-0.4, -0.2) is 47.8 Å². The Labute approximate surface area is 113 Å². The molecular formula is C15H21N3O. The molecule has 0 amide bonds. The summed E-state index contributed by atoms with van der Waals surface area (Å²) in [5.41, 5.74) is 2.50. The smallest absolute Gasteiger partial charge is 0.0457 e. The molecule has 0 aliphatic carbocycles. The first-order valence-corrected chi connectivity index (χ1v) is 7.02. The number of aliphatic hydroxyl groups is 1. The molecule has 2 aromatic rings. The lowest BCUT2D eigenvalue weighted by Crippen LogP contribution is -2.45. The van der Waals surface area contributed by atoms with Crippen molar-refractivity contribution in [1.82, 2.24) is 15.2 Å². The van der Waals surface area contributed by atoms with Gasteiger partial charge in [-0.05, 0) is 24.1 Å². The topological polar surface area (TPSA) is 51.3 Å². The summed E-state index contributed by atoms with van der Waals surface area (Å²) in [6.07, 6.45) is 2.78. The van der Waals surface area contributed by atoms with Gasteiger partial charge >= 0.3 is 0 Å². The third kappa shape index (κ3) is 2.52. The predicted molar refractivity (Wildman–Crippen MR) is 77.2 cm³/mol. The Morgan fingerprint density at radius 3 is 2.84 bits per heavy atom. The maximum Gasteiger partial charge on any atom is 0.0457 e. The largest absolute Gasteiger partial charge is 0.396 e. The van der Waals surface area contributed by atoms with Crippen molar-refractivity contribution in [1.29, 1.82) is 0 Å². The summed E-state index contributed by atoms with van der Waals surface area (Å²) < 4.78 is 0. The second-order valence-corrected chi connectivity index (χ2v) is 5.10. The van der Waals surface area contributed by atoms with Crippen LogP contribution in [0.5, 0.6) is 0 Å². The van der Waals surface area contributed by atoms with Crippen LogP contribution in [0.1, 0.15) is 18.0 Å². The third-order valence-electron chi connectivity index (χ3n) is 3.98. The zero-order valence-electron chi connectivity index (χ0n) is 11.1. The Morgan fingerprint density at radius 1 is 1.21 bits per heavy atom. The van der Waals surface area contributed by atoms with Crippen LogP contribution in [0.3, 0.4) is 0 Å². The van der Waals surface area contributed by atoms with Crippen LogP contribution in [0.4, 0.5) is 0 Å². The molecule has 1 aliphatic heterocycles. The van der Waals surface area contributed by atoms with E-state index in [9.17, 15) is 5.11 Å². The molecule has 1 aromatic heterocycles. The predicted octanol–water partition coefficient (Wildman–Crippen LogP) is 1.50. The van der Waals surface area contributed by atoms with Crippen molar-refractivity contribution in [3.8, 4) is 0 Å². The van der Waals surface area contributed by atoms with Gasteiger partial charge in [0, 0.05) is 55.9 Å². The van der Waals surface area contributed by atoms with E-state index in [1.807, 2.05) is 6.20 Å². The fourth-order valence-electron chi connectivity index (χ4n) is 3.05. The molecule has 3 rings (SSSR count).